The van der Waals surface area contributed by atoms with E-state index in [0.717, 1.165) is 12.3 Å². The molecule has 0 aromatic heterocycles. The third-order valence-electron chi connectivity index (χ3n) is 3.60. The van der Waals surface area contributed by atoms with Gasteiger partial charge in [-0.15, -0.1) is 0 Å². The summed E-state index contributed by atoms with van der Waals surface area (Å²) < 4.78 is 23.6. The van der Waals surface area contributed by atoms with Gasteiger partial charge < -0.3 is 9.47 Å². The summed E-state index contributed by atoms with van der Waals surface area (Å²) in [5, 5.41) is 0. The molecule has 4 heteroatoms. The van der Waals surface area contributed by atoms with Crippen LogP contribution in [-0.2, 0) is 4.74 Å². The van der Waals surface area contributed by atoms with Crippen molar-refractivity contribution in [2.45, 2.75) is 25.7 Å². The van der Waals surface area contributed by atoms with Gasteiger partial charge in [-0.25, -0.2) is 4.39 Å². The van der Waals surface area contributed by atoms with Gasteiger partial charge in [0.1, 0.15) is 6.61 Å². The molecule has 0 amide bonds. The summed E-state index contributed by atoms with van der Waals surface area (Å²) in [7, 11) is 1.39. The fraction of sp³-hybridized carbons (Fsp3) is 0.533. The van der Waals surface area contributed by atoms with E-state index >= 15 is 0 Å². The zero-order valence-electron chi connectivity index (χ0n) is 11.2. The standard InChI is InChI=1S/C15H19FO3/c1-18-15-6-5-12(9-13(15)16)14(17)10-19-8-7-11-3-2-4-11/h5-6,9,11H,2-4,7-8,10H2,1H3. The second-order valence-electron chi connectivity index (χ2n) is 4.91. The summed E-state index contributed by atoms with van der Waals surface area (Å²) in [6.45, 7) is 0.619. The van der Waals surface area contributed by atoms with Crippen molar-refractivity contribution < 1.29 is 18.7 Å². The van der Waals surface area contributed by atoms with Gasteiger partial charge in [-0.05, 0) is 30.5 Å². The van der Waals surface area contributed by atoms with Gasteiger partial charge in [0.05, 0.1) is 7.11 Å². The molecule has 0 bridgehead atoms. The molecule has 0 spiro atoms. The SMILES string of the molecule is COc1ccc(C(=O)COCCC2CCC2)cc1F. The quantitative estimate of drug-likeness (QED) is 0.561. The molecule has 2 rings (SSSR count). The zero-order chi connectivity index (χ0) is 13.7. The number of hydrogen-bond acceptors (Lipinski definition) is 3. The molecule has 0 saturated heterocycles. The molecule has 0 atom stereocenters. The van der Waals surface area contributed by atoms with E-state index in [4.69, 9.17) is 9.47 Å². The van der Waals surface area contributed by atoms with Gasteiger partial charge in [0.25, 0.3) is 0 Å². The number of hydrogen-bond donors (Lipinski definition) is 0. The van der Waals surface area contributed by atoms with E-state index in [-0.39, 0.29) is 18.1 Å². The lowest BCUT2D eigenvalue weighted by atomic mass is 9.83. The fourth-order valence-electron chi connectivity index (χ4n) is 2.12. The summed E-state index contributed by atoms with van der Waals surface area (Å²) in [4.78, 5) is 11.8. The van der Waals surface area contributed by atoms with Gasteiger partial charge in [0.2, 0.25) is 0 Å². The van der Waals surface area contributed by atoms with Crippen LogP contribution < -0.4 is 4.74 Å². The van der Waals surface area contributed by atoms with Crippen molar-refractivity contribution in [1.82, 2.24) is 0 Å². The molecule has 104 valence electrons. The number of Topliss-reactive ketones (excluding diaryl/α,β-unsaturated/α-hetero) is 1. The molecule has 1 fully saturated rings. The molecule has 0 radical (unpaired) electrons. The van der Waals surface area contributed by atoms with Crippen molar-refractivity contribution >= 4 is 5.78 Å². The lowest BCUT2D eigenvalue weighted by molar-refractivity contribution is 0.0704. The van der Waals surface area contributed by atoms with Crippen LogP contribution in [0.2, 0.25) is 0 Å². The number of methoxy groups -OCH3 is 1. The molecule has 1 aromatic rings. The van der Waals surface area contributed by atoms with Gasteiger partial charge in [-0.3, -0.25) is 4.79 Å². The van der Waals surface area contributed by atoms with Crippen LogP contribution in [0.4, 0.5) is 4.39 Å². The number of halogens is 1. The third kappa shape index (κ3) is 3.77. The van der Waals surface area contributed by atoms with Crippen LogP contribution in [0.15, 0.2) is 18.2 Å². The van der Waals surface area contributed by atoms with Crippen LogP contribution in [-0.4, -0.2) is 26.1 Å². The summed E-state index contributed by atoms with van der Waals surface area (Å²) >= 11 is 0. The highest BCUT2D eigenvalue weighted by Crippen LogP contribution is 2.29. The maximum Gasteiger partial charge on any atom is 0.188 e. The average Bonchev–Trinajstić information content (AvgIpc) is 2.36. The lowest BCUT2D eigenvalue weighted by Gasteiger charge is -2.24. The highest BCUT2D eigenvalue weighted by atomic mass is 19.1. The average molecular weight is 266 g/mol. The van der Waals surface area contributed by atoms with Gasteiger partial charge in [0, 0.05) is 12.2 Å². The van der Waals surface area contributed by atoms with Crippen LogP contribution >= 0.6 is 0 Å². The van der Waals surface area contributed by atoms with Crippen molar-refractivity contribution in [2.75, 3.05) is 20.3 Å². The molecule has 1 aromatic carbocycles. The minimum atomic E-state index is -0.525. The maximum absolute atomic E-state index is 13.4. The predicted molar refractivity (Wildman–Crippen MR) is 70.1 cm³/mol. The van der Waals surface area contributed by atoms with E-state index < -0.39 is 5.82 Å². The van der Waals surface area contributed by atoms with E-state index in [1.54, 1.807) is 6.07 Å². The first-order chi connectivity index (χ1) is 9.20. The van der Waals surface area contributed by atoms with E-state index in [9.17, 15) is 9.18 Å². The highest BCUT2D eigenvalue weighted by Gasteiger charge is 2.17. The smallest absolute Gasteiger partial charge is 0.188 e. The summed E-state index contributed by atoms with van der Waals surface area (Å²) in [5.74, 6) is 0.189. The van der Waals surface area contributed by atoms with Gasteiger partial charge in [-0.2, -0.15) is 0 Å². The molecule has 1 saturated carbocycles. The molecule has 0 aliphatic heterocycles. The van der Waals surface area contributed by atoms with E-state index in [0.29, 0.717) is 12.2 Å². The second kappa shape index (κ2) is 6.66. The lowest BCUT2D eigenvalue weighted by Crippen LogP contribution is -2.16. The largest absolute Gasteiger partial charge is 0.494 e. The second-order valence-corrected chi connectivity index (χ2v) is 4.91. The Labute approximate surface area is 112 Å². The number of ketones is 1. The molecule has 1 aliphatic rings. The molecule has 1 aliphatic carbocycles. The number of carbonyl (C=O) groups is 1. The molecule has 0 unspecified atom stereocenters. The molecule has 19 heavy (non-hydrogen) atoms. The minimum Gasteiger partial charge on any atom is -0.494 e. The Morgan fingerprint density at radius 1 is 1.42 bits per heavy atom. The number of rotatable bonds is 7. The van der Waals surface area contributed by atoms with E-state index in [1.165, 1.54) is 38.5 Å². The highest BCUT2D eigenvalue weighted by molar-refractivity contribution is 5.97. The fourth-order valence-corrected chi connectivity index (χ4v) is 2.12. The monoisotopic (exact) mass is 266 g/mol. The Morgan fingerprint density at radius 3 is 2.79 bits per heavy atom. The minimum absolute atomic E-state index is 0.0124. The van der Waals surface area contributed by atoms with Gasteiger partial charge >= 0.3 is 0 Å². The third-order valence-corrected chi connectivity index (χ3v) is 3.60. The van der Waals surface area contributed by atoms with Crippen LogP contribution in [0.25, 0.3) is 0 Å². The van der Waals surface area contributed by atoms with Crippen LogP contribution in [0, 0.1) is 11.7 Å². The Kier molecular flexibility index (Phi) is 4.91. The number of benzene rings is 1. The first kappa shape index (κ1) is 14.0. The first-order valence-electron chi connectivity index (χ1n) is 6.65. The Bertz CT molecular complexity index is 441. The number of ether oxygens (including phenoxy) is 2. The topological polar surface area (TPSA) is 35.5 Å². The predicted octanol–water partition coefficient (Wildman–Crippen LogP) is 3.22. The van der Waals surface area contributed by atoms with Crippen molar-refractivity contribution in [2.24, 2.45) is 5.92 Å². The van der Waals surface area contributed by atoms with Crippen molar-refractivity contribution in [3.8, 4) is 5.75 Å². The molecule has 0 heterocycles. The zero-order valence-corrected chi connectivity index (χ0v) is 11.2. The van der Waals surface area contributed by atoms with E-state index in [1.807, 2.05) is 0 Å². The molecular formula is C15H19FO3. The van der Waals surface area contributed by atoms with Crippen molar-refractivity contribution in [1.29, 1.82) is 0 Å². The molecular weight excluding hydrogens is 247 g/mol. The Balaban J connectivity index is 1.77. The van der Waals surface area contributed by atoms with Crippen LogP contribution in [0.5, 0.6) is 5.75 Å². The summed E-state index contributed by atoms with van der Waals surface area (Å²) in [5.41, 5.74) is 0.321. The van der Waals surface area contributed by atoms with Gasteiger partial charge in [-0.1, -0.05) is 19.3 Å². The Hall–Kier alpha value is -1.42. The van der Waals surface area contributed by atoms with Gasteiger partial charge in [0.15, 0.2) is 17.3 Å². The maximum atomic E-state index is 13.4. The van der Waals surface area contributed by atoms with E-state index in [2.05, 4.69) is 0 Å². The number of carbonyl (C=O) groups excluding carboxylic acids is 1. The Morgan fingerprint density at radius 2 is 2.21 bits per heavy atom. The van der Waals surface area contributed by atoms with Crippen molar-refractivity contribution in [3.05, 3.63) is 29.6 Å². The van der Waals surface area contributed by atoms with Crippen LogP contribution in [0.1, 0.15) is 36.0 Å². The molecule has 3 nitrogen and oxygen atoms in total. The summed E-state index contributed by atoms with van der Waals surface area (Å²) in [6, 6.07) is 4.20. The first-order valence-corrected chi connectivity index (χ1v) is 6.65. The van der Waals surface area contributed by atoms with Crippen molar-refractivity contribution in [3.63, 3.8) is 0 Å². The molecule has 0 N–H and O–H groups in total. The van der Waals surface area contributed by atoms with Crippen LogP contribution in [0.3, 0.4) is 0 Å². The summed E-state index contributed by atoms with van der Waals surface area (Å²) in [6.07, 6.45) is 4.89. The normalized spacial score (nSPS) is 15.1.